The fourth-order valence-electron chi connectivity index (χ4n) is 2.08. The van der Waals surface area contributed by atoms with E-state index < -0.39 is 5.82 Å². The van der Waals surface area contributed by atoms with Gasteiger partial charge in [0.1, 0.15) is 11.6 Å². The van der Waals surface area contributed by atoms with E-state index in [1.807, 2.05) is 0 Å². The lowest BCUT2D eigenvalue weighted by atomic mass is 10.0. The summed E-state index contributed by atoms with van der Waals surface area (Å²) < 4.78 is 13.9. The third-order valence-electron chi connectivity index (χ3n) is 3.21. The van der Waals surface area contributed by atoms with Crippen molar-refractivity contribution in [2.45, 2.75) is 0 Å². The van der Waals surface area contributed by atoms with Gasteiger partial charge in [0.25, 0.3) is 0 Å². The first-order valence-electron chi connectivity index (χ1n) is 6.39. The van der Waals surface area contributed by atoms with E-state index in [0.29, 0.717) is 11.1 Å². The highest BCUT2D eigenvalue weighted by atomic mass is 35.5. The van der Waals surface area contributed by atoms with Crippen LogP contribution in [-0.2, 0) is 0 Å². The number of phenols is 1. The smallest absolute Gasteiger partial charge is 0.228 e. The predicted octanol–water partition coefficient (Wildman–Crippen LogP) is 3.81. The van der Waals surface area contributed by atoms with Crippen LogP contribution in [0.15, 0.2) is 48.8 Å². The van der Waals surface area contributed by atoms with Gasteiger partial charge >= 0.3 is 0 Å². The number of aromatic nitrogens is 2. The molecule has 0 saturated carbocycles. The van der Waals surface area contributed by atoms with E-state index >= 15 is 0 Å². The van der Waals surface area contributed by atoms with Crippen LogP contribution < -0.4 is 0 Å². The van der Waals surface area contributed by atoms with Gasteiger partial charge in [-0.3, -0.25) is 4.79 Å². The largest absolute Gasteiger partial charge is 0.506 e. The van der Waals surface area contributed by atoms with E-state index in [0.717, 1.165) is 6.07 Å². The molecule has 0 spiro atoms. The SMILES string of the molecule is O=C(c1ccc(-c2cc(Cl)c(O)cc2F)cc1)c1ncc[nH]1. The van der Waals surface area contributed by atoms with Gasteiger partial charge < -0.3 is 10.1 Å². The average Bonchev–Trinajstić information content (AvgIpc) is 3.05. The monoisotopic (exact) mass is 316 g/mol. The number of imidazole rings is 1. The standard InChI is InChI=1S/C16H10ClFN2O2/c17-12-7-11(13(18)8-14(12)21)9-1-3-10(4-2-9)15(22)16-19-5-6-20-16/h1-8,21H,(H,19,20). The minimum atomic E-state index is -0.591. The average molecular weight is 317 g/mol. The number of carbonyl (C=O) groups excluding carboxylic acids is 1. The van der Waals surface area contributed by atoms with Gasteiger partial charge in [-0.15, -0.1) is 0 Å². The molecule has 0 fully saturated rings. The van der Waals surface area contributed by atoms with Gasteiger partial charge in [-0.05, 0) is 11.6 Å². The van der Waals surface area contributed by atoms with Crippen LogP contribution in [-0.4, -0.2) is 20.9 Å². The Bertz CT molecular complexity index is 830. The number of hydrogen-bond acceptors (Lipinski definition) is 3. The van der Waals surface area contributed by atoms with E-state index in [2.05, 4.69) is 9.97 Å². The van der Waals surface area contributed by atoms with Crippen molar-refractivity contribution in [3.63, 3.8) is 0 Å². The van der Waals surface area contributed by atoms with Crippen molar-refractivity contribution in [3.8, 4) is 16.9 Å². The van der Waals surface area contributed by atoms with E-state index in [-0.39, 0.29) is 27.9 Å². The first-order chi connectivity index (χ1) is 10.6. The molecule has 110 valence electrons. The number of aromatic hydroxyl groups is 1. The quantitative estimate of drug-likeness (QED) is 0.722. The summed E-state index contributed by atoms with van der Waals surface area (Å²) in [7, 11) is 0. The number of ketones is 1. The third-order valence-corrected chi connectivity index (χ3v) is 3.51. The fourth-order valence-corrected chi connectivity index (χ4v) is 2.25. The van der Waals surface area contributed by atoms with Crippen molar-refractivity contribution >= 4 is 17.4 Å². The van der Waals surface area contributed by atoms with Gasteiger partial charge in [0.2, 0.25) is 5.78 Å². The molecular formula is C16H10ClFN2O2. The maximum Gasteiger partial charge on any atom is 0.228 e. The molecule has 0 aliphatic carbocycles. The summed E-state index contributed by atoms with van der Waals surface area (Å²) in [5, 5.41) is 9.43. The zero-order valence-electron chi connectivity index (χ0n) is 11.2. The van der Waals surface area contributed by atoms with Crippen LogP contribution in [0.3, 0.4) is 0 Å². The molecule has 6 heteroatoms. The molecule has 0 bridgehead atoms. The van der Waals surface area contributed by atoms with Gasteiger partial charge in [-0.25, -0.2) is 9.37 Å². The van der Waals surface area contributed by atoms with Crippen LogP contribution >= 0.6 is 11.6 Å². The molecule has 0 saturated heterocycles. The van der Waals surface area contributed by atoms with E-state index in [4.69, 9.17) is 11.6 Å². The zero-order valence-corrected chi connectivity index (χ0v) is 11.9. The summed E-state index contributed by atoms with van der Waals surface area (Å²) in [6.45, 7) is 0. The Kier molecular flexibility index (Phi) is 3.65. The molecule has 0 atom stereocenters. The van der Waals surface area contributed by atoms with Gasteiger partial charge in [0.15, 0.2) is 5.82 Å². The number of H-pyrrole nitrogens is 1. The number of carbonyl (C=O) groups is 1. The summed E-state index contributed by atoms with van der Waals surface area (Å²) in [4.78, 5) is 18.7. The van der Waals surface area contributed by atoms with Crippen LogP contribution in [0.1, 0.15) is 16.2 Å². The molecule has 0 unspecified atom stereocenters. The molecule has 22 heavy (non-hydrogen) atoms. The Morgan fingerprint density at radius 1 is 1.23 bits per heavy atom. The Morgan fingerprint density at radius 2 is 1.95 bits per heavy atom. The summed E-state index contributed by atoms with van der Waals surface area (Å²) >= 11 is 5.80. The topological polar surface area (TPSA) is 66.0 Å². The third kappa shape index (κ3) is 2.58. The number of nitrogens with one attached hydrogen (secondary N) is 1. The predicted molar refractivity (Wildman–Crippen MR) is 80.5 cm³/mol. The molecule has 1 aromatic heterocycles. The number of rotatable bonds is 3. The molecule has 0 amide bonds. The second-order valence-corrected chi connectivity index (χ2v) is 5.03. The Morgan fingerprint density at radius 3 is 2.59 bits per heavy atom. The van der Waals surface area contributed by atoms with Gasteiger partial charge in [-0.2, -0.15) is 0 Å². The van der Waals surface area contributed by atoms with Crippen LogP contribution in [0, 0.1) is 5.82 Å². The van der Waals surface area contributed by atoms with Crippen LogP contribution in [0.2, 0.25) is 5.02 Å². The molecule has 0 radical (unpaired) electrons. The molecule has 4 nitrogen and oxygen atoms in total. The van der Waals surface area contributed by atoms with E-state index in [1.165, 1.54) is 12.3 Å². The normalized spacial score (nSPS) is 10.6. The van der Waals surface area contributed by atoms with Crippen molar-refractivity contribution < 1.29 is 14.3 Å². The Balaban J connectivity index is 1.95. The Hall–Kier alpha value is -2.66. The molecule has 2 N–H and O–H groups in total. The molecule has 0 aliphatic rings. The minimum Gasteiger partial charge on any atom is -0.506 e. The van der Waals surface area contributed by atoms with Crippen LogP contribution in [0.5, 0.6) is 5.75 Å². The molecule has 3 rings (SSSR count). The lowest BCUT2D eigenvalue weighted by Crippen LogP contribution is -2.03. The van der Waals surface area contributed by atoms with Crippen LogP contribution in [0.25, 0.3) is 11.1 Å². The molecule has 1 heterocycles. The number of halogens is 2. The summed E-state index contributed by atoms with van der Waals surface area (Å²) in [6, 6.07) is 8.69. The lowest BCUT2D eigenvalue weighted by molar-refractivity contribution is 0.103. The number of nitrogens with zero attached hydrogens (tertiary/aromatic N) is 1. The van der Waals surface area contributed by atoms with Crippen LogP contribution in [0.4, 0.5) is 4.39 Å². The molecular weight excluding hydrogens is 307 g/mol. The van der Waals surface area contributed by atoms with Gasteiger partial charge in [-0.1, -0.05) is 35.9 Å². The van der Waals surface area contributed by atoms with E-state index in [9.17, 15) is 14.3 Å². The number of hydrogen-bond donors (Lipinski definition) is 2. The van der Waals surface area contributed by atoms with Gasteiger partial charge in [0, 0.05) is 29.6 Å². The van der Waals surface area contributed by atoms with Crippen molar-refractivity contribution in [2.24, 2.45) is 0 Å². The first-order valence-corrected chi connectivity index (χ1v) is 6.76. The highest BCUT2D eigenvalue weighted by molar-refractivity contribution is 6.32. The second-order valence-electron chi connectivity index (χ2n) is 4.63. The maximum absolute atomic E-state index is 13.9. The molecule has 0 aliphatic heterocycles. The van der Waals surface area contributed by atoms with Crippen molar-refractivity contribution in [1.82, 2.24) is 9.97 Å². The van der Waals surface area contributed by atoms with Crippen molar-refractivity contribution in [2.75, 3.05) is 0 Å². The van der Waals surface area contributed by atoms with Crippen molar-refractivity contribution in [1.29, 1.82) is 0 Å². The highest BCUT2D eigenvalue weighted by Gasteiger charge is 2.13. The molecule has 2 aromatic carbocycles. The van der Waals surface area contributed by atoms with Gasteiger partial charge in [0.05, 0.1) is 5.02 Å². The second kappa shape index (κ2) is 5.61. The van der Waals surface area contributed by atoms with Crippen molar-refractivity contribution in [3.05, 3.63) is 71.0 Å². The summed E-state index contributed by atoms with van der Waals surface area (Å²) in [5.41, 5.74) is 1.24. The lowest BCUT2D eigenvalue weighted by Gasteiger charge is -2.06. The number of benzene rings is 2. The zero-order chi connectivity index (χ0) is 15.7. The minimum absolute atomic E-state index is 0.0622. The molecule has 3 aromatic rings. The highest BCUT2D eigenvalue weighted by Crippen LogP contribution is 2.32. The van der Waals surface area contributed by atoms with E-state index in [1.54, 1.807) is 30.5 Å². The number of phenolic OH excluding ortho intramolecular Hbond substituents is 1. The summed E-state index contributed by atoms with van der Waals surface area (Å²) in [6.07, 6.45) is 3.06. The number of aromatic amines is 1. The summed E-state index contributed by atoms with van der Waals surface area (Å²) in [5.74, 6) is -0.910. The fraction of sp³-hybridized carbons (Fsp3) is 0. The first kappa shape index (κ1) is 14.3. The Labute approximate surface area is 130 Å². The maximum atomic E-state index is 13.9.